The molecule has 3 rings (SSSR count). The predicted octanol–water partition coefficient (Wildman–Crippen LogP) is 3.41. The molecule has 1 heterocycles. The topological polar surface area (TPSA) is 37.8 Å². The summed E-state index contributed by atoms with van der Waals surface area (Å²) in [7, 11) is 0. The third-order valence-corrected chi connectivity index (χ3v) is 3.00. The minimum atomic E-state index is 0.661. The van der Waals surface area contributed by atoms with E-state index in [0.29, 0.717) is 11.9 Å². The van der Waals surface area contributed by atoms with Crippen LogP contribution in [-0.4, -0.2) is 9.97 Å². The van der Waals surface area contributed by atoms with E-state index in [1.54, 1.807) is 0 Å². The smallest absolute Gasteiger partial charge is 0.227 e. The average molecular weight is 225 g/mol. The van der Waals surface area contributed by atoms with Gasteiger partial charge in [0, 0.05) is 17.8 Å². The van der Waals surface area contributed by atoms with Crippen molar-refractivity contribution in [3.63, 3.8) is 0 Å². The van der Waals surface area contributed by atoms with Gasteiger partial charge in [0.15, 0.2) is 0 Å². The van der Waals surface area contributed by atoms with Gasteiger partial charge in [0.2, 0.25) is 5.95 Å². The minimum absolute atomic E-state index is 0.661. The van der Waals surface area contributed by atoms with Crippen molar-refractivity contribution in [3.8, 4) is 0 Å². The summed E-state index contributed by atoms with van der Waals surface area (Å²) in [5, 5.41) is 3.23. The molecule has 1 aromatic heterocycles. The number of aryl methyl sites for hydroxylation is 1. The lowest BCUT2D eigenvalue weighted by Crippen LogP contribution is -2.01. The highest BCUT2D eigenvalue weighted by Gasteiger charge is 2.27. The zero-order valence-electron chi connectivity index (χ0n) is 9.85. The van der Waals surface area contributed by atoms with Crippen molar-refractivity contribution in [1.29, 1.82) is 0 Å². The summed E-state index contributed by atoms with van der Waals surface area (Å²) in [6.07, 6.45) is 4.44. The van der Waals surface area contributed by atoms with Crippen LogP contribution in [-0.2, 0) is 0 Å². The van der Waals surface area contributed by atoms with E-state index in [1.165, 1.54) is 24.1 Å². The molecule has 0 radical (unpaired) electrons. The molecule has 0 amide bonds. The molecule has 0 saturated heterocycles. The standard InChI is InChI=1S/C14H15N3/c1-10-9-15-14(17-13(10)11-7-8-11)16-12-5-3-2-4-6-12/h2-6,9,11H,7-8H2,1H3,(H,15,16,17). The molecule has 1 N–H and O–H groups in total. The third kappa shape index (κ3) is 2.28. The normalized spacial score (nSPS) is 14.6. The second kappa shape index (κ2) is 4.17. The van der Waals surface area contributed by atoms with Gasteiger partial charge in [-0.05, 0) is 37.5 Å². The lowest BCUT2D eigenvalue weighted by atomic mass is 10.2. The summed E-state index contributed by atoms with van der Waals surface area (Å²) in [6, 6.07) is 10.0. The molecule has 1 fully saturated rings. The first-order chi connectivity index (χ1) is 8.33. The van der Waals surface area contributed by atoms with Gasteiger partial charge in [-0.2, -0.15) is 0 Å². The Bertz CT molecular complexity index is 518. The molecule has 0 bridgehead atoms. The fourth-order valence-electron chi connectivity index (χ4n) is 1.94. The number of aromatic nitrogens is 2. The molecule has 0 spiro atoms. The van der Waals surface area contributed by atoms with Gasteiger partial charge in [-0.25, -0.2) is 9.97 Å². The SMILES string of the molecule is Cc1cnc(Nc2ccccc2)nc1C1CC1. The maximum atomic E-state index is 4.61. The molecule has 1 saturated carbocycles. The zero-order chi connectivity index (χ0) is 11.7. The van der Waals surface area contributed by atoms with Gasteiger partial charge in [-0.3, -0.25) is 0 Å². The monoisotopic (exact) mass is 225 g/mol. The van der Waals surface area contributed by atoms with Gasteiger partial charge >= 0.3 is 0 Å². The first-order valence-electron chi connectivity index (χ1n) is 5.98. The van der Waals surface area contributed by atoms with Crippen molar-refractivity contribution < 1.29 is 0 Å². The summed E-state index contributed by atoms with van der Waals surface area (Å²) in [6.45, 7) is 2.08. The van der Waals surface area contributed by atoms with Crippen LogP contribution in [0.3, 0.4) is 0 Å². The number of hydrogen-bond donors (Lipinski definition) is 1. The van der Waals surface area contributed by atoms with Crippen LogP contribution in [0.1, 0.15) is 30.0 Å². The van der Waals surface area contributed by atoms with E-state index in [-0.39, 0.29) is 0 Å². The van der Waals surface area contributed by atoms with Crippen LogP contribution in [0.5, 0.6) is 0 Å². The van der Waals surface area contributed by atoms with Gasteiger partial charge < -0.3 is 5.32 Å². The van der Waals surface area contributed by atoms with Crippen molar-refractivity contribution in [2.45, 2.75) is 25.7 Å². The zero-order valence-corrected chi connectivity index (χ0v) is 9.85. The van der Waals surface area contributed by atoms with E-state index >= 15 is 0 Å². The molecule has 3 heteroatoms. The maximum absolute atomic E-state index is 4.61. The van der Waals surface area contributed by atoms with Crippen molar-refractivity contribution in [2.75, 3.05) is 5.32 Å². The van der Waals surface area contributed by atoms with Crippen molar-refractivity contribution in [1.82, 2.24) is 9.97 Å². The summed E-state index contributed by atoms with van der Waals surface area (Å²) in [5.74, 6) is 1.36. The Labute approximate surface area is 101 Å². The lowest BCUT2D eigenvalue weighted by molar-refractivity contribution is 0.965. The molecule has 17 heavy (non-hydrogen) atoms. The Morgan fingerprint density at radius 1 is 1.18 bits per heavy atom. The van der Waals surface area contributed by atoms with E-state index < -0.39 is 0 Å². The van der Waals surface area contributed by atoms with Crippen LogP contribution < -0.4 is 5.32 Å². The number of anilines is 2. The molecule has 1 aliphatic rings. The van der Waals surface area contributed by atoms with Crippen LogP contribution in [0.25, 0.3) is 0 Å². The number of benzene rings is 1. The Balaban J connectivity index is 1.86. The van der Waals surface area contributed by atoms with Crippen molar-refractivity contribution in [3.05, 3.63) is 47.8 Å². The van der Waals surface area contributed by atoms with Gasteiger partial charge in [0.05, 0.1) is 5.69 Å². The van der Waals surface area contributed by atoms with Gasteiger partial charge in [0.25, 0.3) is 0 Å². The van der Waals surface area contributed by atoms with Gasteiger partial charge in [0.1, 0.15) is 0 Å². The summed E-state index contributed by atoms with van der Waals surface area (Å²) >= 11 is 0. The van der Waals surface area contributed by atoms with Crippen LogP contribution in [0, 0.1) is 6.92 Å². The Morgan fingerprint density at radius 3 is 2.65 bits per heavy atom. The highest BCUT2D eigenvalue weighted by molar-refractivity contribution is 5.53. The van der Waals surface area contributed by atoms with E-state index in [9.17, 15) is 0 Å². The number of rotatable bonds is 3. The largest absolute Gasteiger partial charge is 0.324 e. The molecular formula is C14H15N3. The summed E-state index contributed by atoms with van der Waals surface area (Å²) in [4.78, 5) is 8.93. The number of nitrogens with one attached hydrogen (secondary N) is 1. The van der Waals surface area contributed by atoms with Crippen LogP contribution in [0.2, 0.25) is 0 Å². The molecule has 3 nitrogen and oxygen atoms in total. The summed E-state index contributed by atoms with van der Waals surface area (Å²) < 4.78 is 0. The minimum Gasteiger partial charge on any atom is -0.324 e. The maximum Gasteiger partial charge on any atom is 0.227 e. The van der Waals surface area contributed by atoms with Crippen molar-refractivity contribution in [2.24, 2.45) is 0 Å². The van der Waals surface area contributed by atoms with Gasteiger partial charge in [-0.15, -0.1) is 0 Å². The Kier molecular flexibility index (Phi) is 2.52. The fraction of sp³-hybridized carbons (Fsp3) is 0.286. The molecule has 1 aliphatic carbocycles. The summed E-state index contributed by atoms with van der Waals surface area (Å²) in [5.41, 5.74) is 3.43. The van der Waals surface area contributed by atoms with E-state index in [0.717, 1.165) is 5.69 Å². The predicted molar refractivity (Wildman–Crippen MR) is 68.5 cm³/mol. The lowest BCUT2D eigenvalue weighted by Gasteiger charge is -2.08. The molecule has 2 aromatic rings. The third-order valence-electron chi connectivity index (χ3n) is 3.00. The fourth-order valence-corrected chi connectivity index (χ4v) is 1.94. The number of nitrogens with zero attached hydrogens (tertiary/aromatic N) is 2. The second-order valence-electron chi connectivity index (χ2n) is 4.53. The van der Waals surface area contributed by atoms with E-state index in [1.807, 2.05) is 36.5 Å². The van der Waals surface area contributed by atoms with E-state index in [2.05, 4.69) is 22.2 Å². The van der Waals surface area contributed by atoms with Crippen molar-refractivity contribution >= 4 is 11.6 Å². The molecular weight excluding hydrogens is 210 g/mol. The second-order valence-corrected chi connectivity index (χ2v) is 4.53. The average Bonchev–Trinajstić information content (AvgIpc) is 3.17. The number of para-hydroxylation sites is 1. The highest BCUT2D eigenvalue weighted by Crippen LogP contribution is 2.40. The first-order valence-corrected chi connectivity index (χ1v) is 5.98. The Morgan fingerprint density at radius 2 is 1.94 bits per heavy atom. The first kappa shape index (κ1) is 10.3. The molecule has 0 unspecified atom stereocenters. The molecule has 86 valence electrons. The van der Waals surface area contributed by atoms with Gasteiger partial charge in [-0.1, -0.05) is 18.2 Å². The van der Waals surface area contributed by atoms with E-state index in [4.69, 9.17) is 0 Å². The molecule has 0 atom stereocenters. The molecule has 0 aliphatic heterocycles. The Hall–Kier alpha value is -1.90. The molecule has 1 aromatic carbocycles. The van der Waals surface area contributed by atoms with Crippen LogP contribution in [0.4, 0.5) is 11.6 Å². The van der Waals surface area contributed by atoms with Crippen LogP contribution >= 0.6 is 0 Å². The number of hydrogen-bond acceptors (Lipinski definition) is 3. The highest BCUT2D eigenvalue weighted by atomic mass is 15.1. The quantitative estimate of drug-likeness (QED) is 0.869. The van der Waals surface area contributed by atoms with Crippen LogP contribution in [0.15, 0.2) is 36.5 Å².